The molecule has 1 aromatic rings. The van der Waals surface area contributed by atoms with Crippen molar-refractivity contribution in [1.29, 1.82) is 0 Å². The summed E-state index contributed by atoms with van der Waals surface area (Å²) < 4.78 is 0. The highest BCUT2D eigenvalue weighted by molar-refractivity contribution is 6.35. The van der Waals surface area contributed by atoms with Crippen LogP contribution in [0.15, 0.2) is 18.2 Å². The maximum Gasteiger partial charge on any atom is 0.234 e. The van der Waals surface area contributed by atoms with Crippen LogP contribution in [0.25, 0.3) is 0 Å². The zero-order valence-electron chi connectivity index (χ0n) is 14.0. The average molecular weight is 372 g/mol. The molecule has 1 aliphatic rings. The normalized spacial score (nSPS) is 15.6. The standard InChI is InChI=1S/C17H23Cl2N3O2/c1-12(2)20-16(23)11-21-5-7-22(8-6-21)17(24)9-13-3-4-14(18)10-15(13)19/h3-4,10,12H,5-9,11H2,1-2H3,(H,20,23). The van der Waals surface area contributed by atoms with Crippen LogP contribution >= 0.6 is 23.2 Å². The lowest BCUT2D eigenvalue weighted by molar-refractivity contribution is -0.132. The van der Waals surface area contributed by atoms with Crippen LogP contribution in [0.1, 0.15) is 19.4 Å². The third-order valence-corrected chi connectivity index (χ3v) is 4.49. The number of halogens is 2. The Bertz CT molecular complexity index is 599. The molecule has 7 heteroatoms. The fraction of sp³-hybridized carbons (Fsp3) is 0.529. The molecule has 24 heavy (non-hydrogen) atoms. The molecule has 1 heterocycles. The van der Waals surface area contributed by atoms with Gasteiger partial charge in [-0.05, 0) is 31.5 Å². The first-order chi connectivity index (χ1) is 11.3. The van der Waals surface area contributed by atoms with E-state index in [1.165, 1.54) is 0 Å². The molecule has 0 aromatic heterocycles. The zero-order valence-corrected chi connectivity index (χ0v) is 15.5. The molecule has 0 atom stereocenters. The first-order valence-electron chi connectivity index (χ1n) is 8.08. The monoisotopic (exact) mass is 371 g/mol. The lowest BCUT2D eigenvalue weighted by Gasteiger charge is -2.34. The van der Waals surface area contributed by atoms with Crippen molar-refractivity contribution in [2.45, 2.75) is 26.3 Å². The van der Waals surface area contributed by atoms with E-state index in [1.807, 2.05) is 18.7 Å². The third kappa shape index (κ3) is 5.65. The van der Waals surface area contributed by atoms with Gasteiger partial charge in [0.1, 0.15) is 0 Å². The molecule has 1 N–H and O–H groups in total. The summed E-state index contributed by atoms with van der Waals surface area (Å²) in [7, 11) is 0. The fourth-order valence-corrected chi connectivity index (χ4v) is 3.14. The van der Waals surface area contributed by atoms with Crippen molar-refractivity contribution in [2.24, 2.45) is 0 Å². The van der Waals surface area contributed by atoms with E-state index in [0.717, 1.165) is 5.56 Å². The van der Waals surface area contributed by atoms with Crippen LogP contribution in [0, 0.1) is 0 Å². The van der Waals surface area contributed by atoms with Gasteiger partial charge in [0.15, 0.2) is 0 Å². The lowest BCUT2D eigenvalue weighted by Crippen LogP contribution is -2.51. The molecule has 1 fully saturated rings. The molecule has 0 saturated carbocycles. The number of rotatable bonds is 5. The van der Waals surface area contributed by atoms with Crippen molar-refractivity contribution in [3.05, 3.63) is 33.8 Å². The molecule has 0 aliphatic carbocycles. The maximum absolute atomic E-state index is 12.4. The third-order valence-electron chi connectivity index (χ3n) is 3.90. The molecule has 0 bridgehead atoms. The van der Waals surface area contributed by atoms with E-state index in [9.17, 15) is 9.59 Å². The van der Waals surface area contributed by atoms with Gasteiger partial charge in [0, 0.05) is 42.3 Å². The van der Waals surface area contributed by atoms with E-state index in [1.54, 1.807) is 18.2 Å². The van der Waals surface area contributed by atoms with Crippen LogP contribution in [0.2, 0.25) is 10.0 Å². The minimum absolute atomic E-state index is 0.0257. The number of nitrogens with zero attached hydrogens (tertiary/aromatic N) is 2. The van der Waals surface area contributed by atoms with Crippen molar-refractivity contribution < 1.29 is 9.59 Å². The Hall–Kier alpha value is -1.30. The summed E-state index contributed by atoms with van der Waals surface area (Å²) in [6, 6.07) is 5.32. The van der Waals surface area contributed by atoms with Crippen LogP contribution in [-0.2, 0) is 16.0 Å². The number of carbonyl (C=O) groups excluding carboxylic acids is 2. The SMILES string of the molecule is CC(C)NC(=O)CN1CCN(C(=O)Cc2ccc(Cl)cc2Cl)CC1. The van der Waals surface area contributed by atoms with Crippen molar-refractivity contribution >= 4 is 35.0 Å². The maximum atomic E-state index is 12.4. The number of hydrogen-bond acceptors (Lipinski definition) is 3. The Balaban J connectivity index is 1.81. The Labute approximate surface area is 152 Å². The Morgan fingerprint density at radius 1 is 1.17 bits per heavy atom. The van der Waals surface area contributed by atoms with Crippen LogP contribution in [0.3, 0.4) is 0 Å². The first-order valence-corrected chi connectivity index (χ1v) is 8.84. The van der Waals surface area contributed by atoms with Crippen molar-refractivity contribution in [3.63, 3.8) is 0 Å². The minimum atomic E-state index is 0.0257. The van der Waals surface area contributed by atoms with Gasteiger partial charge in [-0.1, -0.05) is 29.3 Å². The predicted octanol–water partition coefficient (Wildman–Crippen LogP) is 2.20. The van der Waals surface area contributed by atoms with Crippen LogP contribution in [0.5, 0.6) is 0 Å². The summed E-state index contributed by atoms with van der Waals surface area (Å²) in [5.74, 6) is 0.0724. The van der Waals surface area contributed by atoms with Gasteiger partial charge in [-0.3, -0.25) is 14.5 Å². The average Bonchev–Trinajstić information content (AvgIpc) is 2.50. The highest BCUT2D eigenvalue weighted by Gasteiger charge is 2.23. The molecular formula is C17H23Cl2N3O2. The van der Waals surface area contributed by atoms with Crippen molar-refractivity contribution in [3.8, 4) is 0 Å². The van der Waals surface area contributed by atoms with Gasteiger partial charge >= 0.3 is 0 Å². The Morgan fingerprint density at radius 3 is 2.42 bits per heavy atom. The summed E-state index contributed by atoms with van der Waals surface area (Å²) in [4.78, 5) is 28.1. The molecule has 1 aliphatic heterocycles. The number of benzene rings is 1. The number of amides is 2. The Morgan fingerprint density at radius 2 is 1.83 bits per heavy atom. The highest BCUT2D eigenvalue weighted by Crippen LogP contribution is 2.22. The quantitative estimate of drug-likeness (QED) is 0.862. The largest absolute Gasteiger partial charge is 0.353 e. The molecule has 132 valence electrons. The number of piperazine rings is 1. The fourth-order valence-electron chi connectivity index (χ4n) is 2.67. The molecule has 1 saturated heterocycles. The zero-order chi connectivity index (χ0) is 17.7. The van der Waals surface area contributed by atoms with Gasteiger partial charge in [-0.2, -0.15) is 0 Å². The van der Waals surface area contributed by atoms with Gasteiger partial charge < -0.3 is 10.2 Å². The van der Waals surface area contributed by atoms with Crippen molar-refractivity contribution in [2.75, 3.05) is 32.7 Å². The van der Waals surface area contributed by atoms with Gasteiger partial charge in [0.2, 0.25) is 11.8 Å². The molecule has 1 aromatic carbocycles. The molecule has 2 amide bonds. The van der Waals surface area contributed by atoms with Crippen LogP contribution < -0.4 is 5.32 Å². The predicted molar refractivity (Wildman–Crippen MR) is 96.5 cm³/mol. The molecule has 0 spiro atoms. The van der Waals surface area contributed by atoms with E-state index in [4.69, 9.17) is 23.2 Å². The van der Waals surface area contributed by atoms with Gasteiger partial charge in [-0.15, -0.1) is 0 Å². The molecule has 0 radical (unpaired) electrons. The van der Waals surface area contributed by atoms with Gasteiger partial charge in [0.25, 0.3) is 0 Å². The summed E-state index contributed by atoms with van der Waals surface area (Å²) in [6.07, 6.45) is 0.268. The van der Waals surface area contributed by atoms with Gasteiger partial charge in [-0.25, -0.2) is 0 Å². The minimum Gasteiger partial charge on any atom is -0.353 e. The van der Waals surface area contributed by atoms with E-state index in [-0.39, 0.29) is 24.3 Å². The van der Waals surface area contributed by atoms with Gasteiger partial charge in [0.05, 0.1) is 13.0 Å². The second-order valence-corrected chi connectivity index (χ2v) is 7.14. The smallest absolute Gasteiger partial charge is 0.234 e. The topological polar surface area (TPSA) is 52.7 Å². The van der Waals surface area contributed by atoms with E-state index >= 15 is 0 Å². The summed E-state index contributed by atoms with van der Waals surface area (Å²) >= 11 is 12.0. The second kappa shape index (κ2) is 8.70. The Kier molecular flexibility index (Phi) is 6.90. The van der Waals surface area contributed by atoms with Crippen LogP contribution in [0.4, 0.5) is 0 Å². The first kappa shape index (κ1) is 19.0. The number of hydrogen-bond donors (Lipinski definition) is 1. The molecular weight excluding hydrogens is 349 g/mol. The molecule has 0 unspecified atom stereocenters. The molecule has 2 rings (SSSR count). The number of carbonyl (C=O) groups is 2. The number of nitrogens with one attached hydrogen (secondary N) is 1. The van der Waals surface area contributed by atoms with E-state index in [0.29, 0.717) is 42.8 Å². The summed E-state index contributed by atoms with van der Waals surface area (Å²) in [5, 5.41) is 3.95. The second-order valence-electron chi connectivity index (χ2n) is 6.29. The van der Waals surface area contributed by atoms with E-state index < -0.39 is 0 Å². The van der Waals surface area contributed by atoms with Crippen molar-refractivity contribution in [1.82, 2.24) is 15.1 Å². The summed E-state index contributed by atoms with van der Waals surface area (Å²) in [5.41, 5.74) is 0.782. The van der Waals surface area contributed by atoms with Crippen LogP contribution in [-0.4, -0.2) is 60.4 Å². The highest BCUT2D eigenvalue weighted by atomic mass is 35.5. The summed E-state index contributed by atoms with van der Waals surface area (Å²) in [6.45, 7) is 6.91. The molecule has 5 nitrogen and oxygen atoms in total. The van der Waals surface area contributed by atoms with E-state index in [2.05, 4.69) is 10.2 Å². The lowest BCUT2D eigenvalue weighted by atomic mass is 10.1.